The number of benzene rings is 2. The zero-order chi connectivity index (χ0) is 20.1. The Labute approximate surface area is 160 Å². The molecule has 0 atom stereocenters. The highest BCUT2D eigenvalue weighted by atomic mass is 19.4. The van der Waals surface area contributed by atoms with Crippen LogP contribution in [0.15, 0.2) is 72.9 Å². The molecule has 0 unspecified atom stereocenters. The van der Waals surface area contributed by atoms with E-state index in [4.69, 9.17) is 0 Å². The lowest BCUT2D eigenvalue weighted by Crippen LogP contribution is -2.20. The van der Waals surface area contributed by atoms with Gasteiger partial charge in [0.25, 0.3) is 5.91 Å². The molecule has 0 bridgehead atoms. The van der Waals surface area contributed by atoms with Crippen LogP contribution in [0.1, 0.15) is 21.6 Å². The third kappa shape index (κ3) is 4.68. The molecule has 4 nitrogen and oxygen atoms in total. The predicted molar refractivity (Wildman–Crippen MR) is 102 cm³/mol. The minimum absolute atomic E-state index is 0.0365. The first-order valence-corrected chi connectivity index (χ1v) is 8.53. The van der Waals surface area contributed by atoms with Gasteiger partial charge in [-0.3, -0.25) is 9.78 Å². The molecule has 0 aliphatic carbocycles. The van der Waals surface area contributed by atoms with Gasteiger partial charge in [0.15, 0.2) is 0 Å². The number of hydrogen-bond donors (Lipinski definition) is 1. The van der Waals surface area contributed by atoms with Gasteiger partial charge in [0.05, 0.1) is 11.3 Å². The Balaban J connectivity index is 1.78. The largest absolute Gasteiger partial charge is 0.418 e. The van der Waals surface area contributed by atoms with Crippen molar-refractivity contribution in [3.63, 3.8) is 0 Å². The summed E-state index contributed by atoms with van der Waals surface area (Å²) in [5.41, 5.74) is 0.653. The van der Waals surface area contributed by atoms with Crippen molar-refractivity contribution in [2.45, 2.75) is 12.7 Å². The fourth-order valence-corrected chi connectivity index (χ4v) is 2.76. The van der Waals surface area contributed by atoms with Crippen molar-refractivity contribution in [1.29, 1.82) is 0 Å². The number of carbonyl (C=O) groups excluding carboxylic acids is 1. The van der Waals surface area contributed by atoms with E-state index in [0.29, 0.717) is 6.54 Å². The van der Waals surface area contributed by atoms with Crippen molar-refractivity contribution in [1.82, 2.24) is 4.98 Å². The van der Waals surface area contributed by atoms with Gasteiger partial charge in [-0.1, -0.05) is 42.5 Å². The molecule has 2 aromatic carbocycles. The Morgan fingerprint density at radius 3 is 2.43 bits per heavy atom. The highest BCUT2D eigenvalue weighted by Gasteiger charge is 2.33. The minimum Gasteiger partial charge on any atom is -0.370 e. The molecule has 1 heterocycles. The maximum absolute atomic E-state index is 13.1. The number of alkyl halides is 3. The maximum Gasteiger partial charge on any atom is 0.418 e. The average molecular weight is 385 g/mol. The zero-order valence-corrected chi connectivity index (χ0v) is 15.1. The Morgan fingerprint density at radius 1 is 1.04 bits per heavy atom. The fraction of sp³-hybridized carbons (Fsp3) is 0.143. The molecule has 28 heavy (non-hydrogen) atoms. The van der Waals surface area contributed by atoms with Crippen LogP contribution in [0.5, 0.6) is 0 Å². The van der Waals surface area contributed by atoms with Gasteiger partial charge >= 0.3 is 6.18 Å². The van der Waals surface area contributed by atoms with Crippen molar-refractivity contribution in [3.05, 3.63) is 89.7 Å². The van der Waals surface area contributed by atoms with Crippen LogP contribution in [0.25, 0.3) is 0 Å². The van der Waals surface area contributed by atoms with Crippen molar-refractivity contribution in [2.75, 3.05) is 17.3 Å². The Morgan fingerprint density at radius 2 is 1.71 bits per heavy atom. The summed E-state index contributed by atoms with van der Waals surface area (Å²) in [7, 11) is 1.86. The third-order valence-electron chi connectivity index (χ3n) is 4.16. The monoisotopic (exact) mass is 385 g/mol. The second-order valence-electron chi connectivity index (χ2n) is 6.24. The molecular weight excluding hydrogens is 367 g/mol. The highest BCUT2D eigenvalue weighted by molar-refractivity contribution is 6.03. The molecule has 7 heteroatoms. The molecule has 0 fully saturated rings. The molecule has 144 valence electrons. The van der Waals surface area contributed by atoms with Crippen LogP contribution in [-0.4, -0.2) is 17.9 Å². The number of para-hydroxylation sites is 1. The van der Waals surface area contributed by atoms with E-state index in [0.717, 1.165) is 17.3 Å². The summed E-state index contributed by atoms with van der Waals surface area (Å²) < 4.78 is 39.3. The number of hydrogen-bond acceptors (Lipinski definition) is 3. The molecular formula is C21H18F3N3O. The molecule has 3 aromatic rings. The molecule has 0 saturated carbocycles. The molecule has 0 saturated heterocycles. The van der Waals surface area contributed by atoms with Gasteiger partial charge in [0.2, 0.25) is 0 Å². The lowest BCUT2D eigenvalue weighted by atomic mass is 10.1. The predicted octanol–water partition coefficient (Wildman–Crippen LogP) is 4.99. The summed E-state index contributed by atoms with van der Waals surface area (Å²) >= 11 is 0. The number of halogens is 3. The van der Waals surface area contributed by atoms with Crippen LogP contribution in [0.4, 0.5) is 24.5 Å². The van der Waals surface area contributed by atoms with Gasteiger partial charge in [0.1, 0.15) is 5.69 Å². The van der Waals surface area contributed by atoms with Gasteiger partial charge in [-0.05, 0) is 29.8 Å². The van der Waals surface area contributed by atoms with Crippen LogP contribution >= 0.6 is 0 Å². The number of aromatic nitrogens is 1. The summed E-state index contributed by atoms with van der Waals surface area (Å²) in [4.78, 5) is 18.4. The topological polar surface area (TPSA) is 45.2 Å². The summed E-state index contributed by atoms with van der Waals surface area (Å²) in [5, 5.41) is 2.31. The normalized spacial score (nSPS) is 11.1. The van der Waals surface area contributed by atoms with Crippen molar-refractivity contribution in [3.8, 4) is 0 Å². The van der Waals surface area contributed by atoms with Crippen LogP contribution in [-0.2, 0) is 12.7 Å². The Bertz CT molecular complexity index is 958. The maximum atomic E-state index is 13.1. The van der Waals surface area contributed by atoms with Gasteiger partial charge in [0, 0.05) is 25.5 Å². The van der Waals surface area contributed by atoms with E-state index >= 15 is 0 Å². The standard InChI is InChI=1S/C21H18F3N3O/c1-27(14-15-7-3-2-4-8-15)16-11-12-25-19(13-16)20(28)26-18-10-6-5-9-17(18)21(22,23)24/h2-13H,14H2,1H3,(H,26,28). The molecule has 3 rings (SSSR count). The van der Waals surface area contributed by atoms with E-state index < -0.39 is 17.6 Å². The van der Waals surface area contributed by atoms with Crippen molar-refractivity contribution < 1.29 is 18.0 Å². The molecule has 0 aliphatic heterocycles. The molecule has 1 amide bonds. The summed E-state index contributed by atoms with van der Waals surface area (Å²) in [6.07, 6.45) is -3.10. The Kier molecular flexibility index (Phi) is 5.63. The molecule has 0 spiro atoms. The summed E-state index contributed by atoms with van der Waals surface area (Å²) in [6.45, 7) is 0.614. The fourth-order valence-electron chi connectivity index (χ4n) is 2.76. The molecule has 0 aliphatic rings. The van der Waals surface area contributed by atoms with E-state index in [1.54, 1.807) is 12.1 Å². The van der Waals surface area contributed by atoms with Gasteiger partial charge in [-0.2, -0.15) is 13.2 Å². The van der Waals surface area contributed by atoms with E-state index in [1.807, 2.05) is 42.3 Å². The molecule has 1 aromatic heterocycles. The first kappa shape index (κ1) is 19.4. The summed E-state index contributed by atoms with van der Waals surface area (Å²) in [6, 6.07) is 17.9. The van der Waals surface area contributed by atoms with Crippen LogP contribution < -0.4 is 10.2 Å². The van der Waals surface area contributed by atoms with E-state index in [1.165, 1.54) is 24.4 Å². The average Bonchev–Trinajstić information content (AvgIpc) is 2.68. The van der Waals surface area contributed by atoms with Gasteiger partial charge in [-0.25, -0.2) is 0 Å². The number of nitrogens with one attached hydrogen (secondary N) is 1. The minimum atomic E-state index is -4.56. The first-order valence-electron chi connectivity index (χ1n) is 8.53. The number of anilines is 2. The zero-order valence-electron chi connectivity index (χ0n) is 15.1. The smallest absolute Gasteiger partial charge is 0.370 e. The van der Waals surface area contributed by atoms with E-state index in [-0.39, 0.29) is 11.4 Å². The number of pyridine rings is 1. The van der Waals surface area contributed by atoms with Crippen molar-refractivity contribution >= 4 is 17.3 Å². The van der Waals surface area contributed by atoms with Gasteiger partial charge in [-0.15, -0.1) is 0 Å². The molecule has 0 radical (unpaired) electrons. The lowest BCUT2D eigenvalue weighted by Gasteiger charge is -2.20. The number of amides is 1. The highest BCUT2D eigenvalue weighted by Crippen LogP contribution is 2.34. The van der Waals surface area contributed by atoms with E-state index in [9.17, 15) is 18.0 Å². The first-order chi connectivity index (χ1) is 13.3. The summed E-state index contributed by atoms with van der Waals surface area (Å²) in [5.74, 6) is -0.702. The Hall–Kier alpha value is -3.35. The molecule has 1 N–H and O–H groups in total. The van der Waals surface area contributed by atoms with E-state index in [2.05, 4.69) is 10.3 Å². The SMILES string of the molecule is CN(Cc1ccccc1)c1ccnc(C(=O)Nc2ccccc2C(F)(F)F)c1. The third-order valence-corrected chi connectivity index (χ3v) is 4.16. The number of rotatable bonds is 5. The number of carbonyl (C=O) groups is 1. The van der Waals surface area contributed by atoms with Gasteiger partial charge < -0.3 is 10.2 Å². The van der Waals surface area contributed by atoms with Crippen LogP contribution in [0, 0.1) is 0 Å². The number of nitrogens with zero attached hydrogens (tertiary/aromatic N) is 2. The second-order valence-corrected chi connectivity index (χ2v) is 6.24. The quantitative estimate of drug-likeness (QED) is 0.673. The van der Waals surface area contributed by atoms with Crippen molar-refractivity contribution in [2.24, 2.45) is 0 Å². The second kappa shape index (κ2) is 8.12. The lowest BCUT2D eigenvalue weighted by molar-refractivity contribution is -0.136. The van der Waals surface area contributed by atoms with Crippen LogP contribution in [0.2, 0.25) is 0 Å². The van der Waals surface area contributed by atoms with Crippen LogP contribution in [0.3, 0.4) is 0 Å².